The van der Waals surface area contributed by atoms with Gasteiger partial charge in [-0.05, 0) is 30.5 Å². The molecule has 0 unspecified atom stereocenters. The summed E-state index contributed by atoms with van der Waals surface area (Å²) >= 11 is 0. The van der Waals surface area contributed by atoms with Crippen molar-refractivity contribution >= 4 is 11.0 Å². The molecule has 19 heavy (non-hydrogen) atoms. The molecule has 0 amide bonds. The Morgan fingerprint density at radius 3 is 2.95 bits per heavy atom. The molecule has 1 fully saturated rings. The number of aromatic nitrogens is 2. The predicted molar refractivity (Wildman–Crippen MR) is 75.8 cm³/mol. The molecule has 1 aliphatic carbocycles. The van der Waals surface area contributed by atoms with Crippen LogP contribution >= 0.6 is 0 Å². The van der Waals surface area contributed by atoms with Crippen molar-refractivity contribution in [1.82, 2.24) is 14.9 Å². The van der Waals surface area contributed by atoms with Gasteiger partial charge in [0.05, 0.1) is 17.4 Å². The van der Waals surface area contributed by atoms with Gasteiger partial charge in [-0.15, -0.1) is 0 Å². The van der Waals surface area contributed by atoms with Crippen LogP contribution in [0.1, 0.15) is 24.8 Å². The first-order chi connectivity index (χ1) is 9.22. The van der Waals surface area contributed by atoms with Crippen LogP contribution in [0.5, 0.6) is 0 Å². The predicted octanol–water partition coefficient (Wildman–Crippen LogP) is 1.83. The lowest BCUT2D eigenvalue weighted by Gasteiger charge is -2.40. The largest absolute Gasteiger partial charge is 0.396 e. The van der Waals surface area contributed by atoms with E-state index in [1.807, 2.05) is 17.9 Å². The van der Waals surface area contributed by atoms with Crippen molar-refractivity contribution in [2.24, 2.45) is 12.5 Å². The summed E-state index contributed by atoms with van der Waals surface area (Å²) in [7, 11) is 2.01. The lowest BCUT2D eigenvalue weighted by atomic mass is 9.69. The summed E-state index contributed by atoms with van der Waals surface area (Å²) in [4.78, 5) is 4.37. The monoisotopic (exact) mass is 259 g/mol. The molecular weight excluding hydrogens is 238 g/mol. The highest BCUT2D eigenvalue weighted by molar-refractivity contribution is 5.75. The molecule has 0 saturated heterocycles. The number of nitrogens with zero attached hydrogens (tertiary/aromatic N) is 2. The first-order valence-corrected chi connectivity index (χ1v) is 6.94. The molecular formula is C15H21N3O. The topological polar surface area (TPSA) is 50.1 Å². The molecule has 1 aromatic carbocycles. The molecule has 1 aliphatic rings. The van der Waals surface area contributed by atoms with Crippen molar-refractivity contribution in [2.75, 3.05) is 13.2 Å². The Hall–Kier alpha value is -1.39. The van der Waals surface area contributed by atoms with Gasteiger partial charge in [-0.3, -0.25) is 0 Å². The fourth-order valence-electron chi connectivity index (χ4n) is 2.83. The highest BCUT2D eigenvalue weighted by Crippen LogP contribution is 2.39. The maximum atomic E-state index is 9.43. The first-order valence-electron chi connectivity index (χ1n) is 6.94. The summed E-state index contributed by atoms with van der Waals surface area (Å²) in [6.45, 7) is 2.05. The number of hydrogen-bond donors (Lipinski definition) is 2. The third-order valence-corrected chi connectivity index (χ3v) is 4.37. The van der Waals surface area contributed by atoms with Gasteiger partial charge >= 0.3 is 0 Å². The maximum Gasteiger partial charge on any atom is 0.0955 e. The van der Waals surface area contributed by atoms with Gasteiger partial charge in [0.2, 0.25) is 0 Å². The third kappa shape index (κ3) is 2.38. The molecule has 0 atom stereocenters. The van der Waals surface area contributed by atoms with E-state index in [9.17, 15) is 5.11 Å². The van der Waals surface area contributed by atoms with Gasteiger partial charge in [0.25, 0.3) is 0 Å². The van der Waals surface area contributed by atoms with Crippen molar-refractivity contribution in [3.63, 3.8) is 0 Å². The smallest absolute Gasteiger partial charge is 0.0955 e. The number of fused-ring (bicyclic) bond motifs is 1. The summed E-state index contributed by atoms with van der Waals surface area (Å²) in [6, 6.07) is 6.39. The molecule has 1 heterocycles. The van der Waals surface area contributed by atoms with Gasteiger partial charge < -0.3 is 15.0 Å². The summed E-state index contributed by atoms with van der Waals surface area (Å²) in [6.07, 6.45) is 5.39. The van der Waals surface area contributed by atoms with Gasteiger partial charge in [-0.2, -0.15) is 0 Å². The Morgan fingerprint density at radius 2 is 2.26 bits per heavy atom. The Bertz CT molecular complexity index is 566. The quantitative estimate of drug-likeness (QED) is 0.861. The number of nitrogens with one attached hydrogen (secondary N) is 1. The highest BCUT2D eigenvalue weighted by atomic mass is 16.3. The van der Waals surface area contributed by atoms with E-state index in [0.717, 1.165) is 37.0 Å². The van der Waals surface area contributed by atoms with Crippen LogP contribution < -0.4 is 5.32 Å². The molecule has 0 aliphatic heterocycles. The van der Waals surface area contributed by atoms with Crippen LogP contribution in [0.4, 0.5) is 0 Å². The van der Waals surface area contributed by atoms with Crippen molar-refractivity contribution in [1.29, 1.82) is 0 Å². The second-order valence-electron chi connectivity index (χ2n) is 5.79. The van der Waals surface area contributed by atoms with E-state index >= 15 is 0 Å². The van der Waals surface area contributed by atoms with Gasteiger partial charge in [0.15, 0.2) is 0 Å². The zero-order valence-electron chi connectivity index (χ0n) is 11.4. The second-order valence-corrected chi connectivity index (χ2v) is 5.79. The Balaban J connectivity index is 1.62. The zero-order valence-corrected chi connectivity index (χ0v) is 11.4. The number of aryl methyl sites for hydroxylation is 1. The summed E-state index contributed by atoms with van der Waals surface area (Å²) in [5, 5.41) is 12.9. The van der Waals surface area contributed by atoms with Crippen LogP contribution in [0.2, 0.25) is 0 Å². The van der Waals surface area contributed by atoms with Gasteiger partial charge in [-0.25, -0.2) is 4.98 Å². The fourth-order valence-corrected chi connectivity index (χ4v) is 2.83. The molecule has 1 aromatic heterocycles. The summed E-state index contributed by atoms with van der Waals surface area (Å²) in [5.41, 5.74) is 3.60. The maximum absolute atomic E-state index is 9.43. The van der Waals surface area contributed by atoms with Crippen molar-refractivity contribution in [3.8, 4) is 0 Å². The SMILES string of the molecule is Cn1cnc2cc(CNCC3(CO)CCC3)ccc21. The molecule has 102 valence electrons. The number of rotatable bonds is 5. The Morgan fingerprint density at radius 1 is 1.42 bits per heavy atom. The minimum Gasteiger partial charge on any atom is -0.396 e. The lowest BCUT2D eigenvalue weighted by Crippen LogP contribution is -2.42. The second kappa shape index (κ2) is 4.94. The fraction of sp³-hybridized carbons (Fsp3) is 0.533. The standard InChI is InChI=1S/C15H21N3O/c1-18-11-17-13-7-12(3-4-14(13)18)8-16-9-15(10-19)5-2-6-15/h3-4,7,11,16,19H,2,5-6,8-10H2,1H3. The van der Waals surface area contributed by atoms with Crippen LogP contribution in [0.25, 0.3) is 11.0 Å². The molecule has 1 saturated carbocycles. The van der Waals surface area contributed by atoms with Crippen molar-refractivity contribution in [3.05, 3.63) is 30.1 Å². The van der Waals surface area contributed by atoms with Crippen LogP contribution in [-0.2, 0) is 13.6 Å². The summed E-state index contributed by atoms with van der Waals surface area (Å²) < 4.78 is 2.03. The number of benzene rings is 1. The van der Waals surface area contributed by atoms with Crippen LogP contribution in [0.15, 0.2) is 24.5 Å². The highest BCUT2D eigenvalue weighted by Gasteiger charge is 2.35. The van der Waals surface area contributed by atoms with E-state index in [2.05, 4.69) is 28.5 Å². The molecule has 4 nitrogen and oxygen atoms in total. The Kier molecular flexibility index (Phi) is 3.29. The van der Waals surface area contributed by atoms with E-state index in [4.69, 9.17) is 0 Å². The number of hydrogen-bond acceptors (Lipinski definition) is 3. The number of aliphatic hydroxyl groups is 1. The molecule has 2 N–H and O–H groups in total. The van der Waals surface area contributed by atoms with Gasteiger partial charge in [0.1, 0.15) is 0 Å². The van der Waals surface area contributed by atoms with E-state index in [-0.39, 0.29) is 5.41 Å². The lowest BCUT2D eigenvalue weighted by molar-refractivity contribution is 0.0445. The van der Waals surface area contributed by atoms with Crippen molar-refractivity contribution in [2.45, 2.75) is 25.8 Å². The average molecular weight is 259 g/mol. The molecule has 0 radical (unpaired) electrons. The van der Waals surface area contributed by atoms with E-state index in [1.54, 1.807) is 0 Å². The molecule has 0 bridgehead atoms. The Labute approximate surface area is 113 Å². The van der Waals surface area contributed by atoms with Crippen LogP contribution in [0, 0.1) is 5.41 Å². The number of imidazole rings is 1. The molecule has 0 spiro atoms. The van der Waals surface area contributed by atoms with Gasteiger partial charge in [-0.1, -0.05) is 12.5 Å². The van der Waals surface area contributed by atoms with E-state index in [0.29, 0.717) is 6.61 Å². The molecule has 4 heteroatoms. The van der Waals surface area contributed by atoms with Crippen molar-refractivity contribution < 1.29 is 5.11 Å². The minimum absolute atomic E-state index is 0.148. The molecule has 2 aromatic rings. The third-order valence-electron chi connectivity index (χ3n) is 4.37. The first kappa shape index (κ1) is 12.6. The van der Waals surface area contributed by atoms with E-state index < -0.39 is 0 Å². The van der Waals surface area contributed by atoms with Crippen LogP contribution in [0.3, 0.4) is 0 Å². The zero-order chi connectivity index (χ0) is 13.3. The van der Waals surface area contributed by atoms with E-state index in [1.165, 1.54) is 12.0 Å². The van der Waals surface area contributed by atoms with Gasteiger partial charge in [0, 0.05) is 32.2 Å². The average Bonchev–Trinajstić information content (AvgIpc) is 2.74. The molecule has 3 rings (SSSR count). The van der Waals surface area contributed by atoms with Crippen LogP contribution in [-0.4, -0.2) is 27.8 Å². The summed E-state index contributed by atoms with van der Waals surface area (Å²) in [5.74, 6) is 0. The minimum atomic E-state index is 0.148. The number of aliphatic hydroxyl groups excluding tert-OH is 1. The normalized spacial score (nSPS) is 17.6.